The zero-order valence-electron chi connectivity index (χ0n) is 14.1. The fourth-order valence-electron chi connectivity index (χ4n) is 3.10. The number of aryl methyl sites for hydroxylation is 1. The average molecular weight is 325 g/mol. The summed E-state index contributed by atoms with van der Waals surface area (Å²) in [5.41, 5.74) is 2.87. The summed E-state index contributed by atoms with van der Waals surface area (Å²) in [5, 5.41) is 6.13. The number of benzene rings is 1. The van der Waals surface area contributed by atoms with Crippen molar-refractivity contribution in [3.05, 3.63) is 59.2 Å². The molecule has 1 fully saturated rings. The summed E-state index contributed by atoms with van der Waals surface area (Å²) in [6.07, 6.45) is 1.81. The van der Waals surface area contributed by atoms with Crippen molar-refractivity contribution in [2.45, 2.75) is 19.5 Å². The zero-order chi connectivity index (χ0) is 16.9. The number of nitrogens with zero attached hydrogens (tertiary/aromatic N) is 3. The average Bonchev–Trinajstić information content (AvgIpc) is 2.61. The van der Waals surface area contributed by atoms with E-state index in [4.69, 9.17) is 0 Å². The van der Waals surface area contributed by atoms with E-state index in [1.54, 1.807) is 13.2 Å². The lowest BCUT2D eigenvalue weighted by molar-refractivity contribution is 0.0962. The molecule has 1 aromatic heterocycles. The number of hydrogen-bond acceptors (Lipinski definition) is 5. The van der Waals surface area contributed by atoms with E-state index in [0.29, 0.717) is 5.56 Å². The summed E-state index contributed by atoms with van der Waals surface area (Å²) in [7, 11) is 1.65. The molecular formula is C18H23N5O. The molecule has 0 saturated carbocycles. The first kappa shape index (κ1) is 16.5. The number of rotatable bonds is 4. The maximum absolute atomic E-state index is 11.9. The van der Waals surface area contributed by atoms with Gasteiger partial charge < -0.3 is 10.6 Å². The molecule has 1 amide bonds. The molecule has 0 unspecified atom stereocenters. The van der Waals surface area contributed by atoms with E-state index in [1.807, 2.05) is 31.2 Å². The Morgan fingerprint density at radius 1 is 1.42 bits per heavy atom. The molecule has 1 aromatic carbocycles. The van der Waals surface area contributed by atoms with Gasteiger partial charge in [0.2, 0.25) is 0 Å². The smallest absolute Gasteiger partial charge is 0.251 e. The zero-order valence-corrected chi connectivity index (χ0v) is 14.1. The first-order chi connectivity index (χ1) is 11.7. The highest BCUT2D eigenvalue weighted by Gasteiger charge is 2.24. The van der Waals surface area contributed by atoms with Crippen LogP contribution < -0.4 is 10.6 Å². The molecule has 126 valence electrons. The molecule has 2 N–H and O–H groups in total. The number of aromatic nitrogens is 2. The highest BCUT2D eigenvalue weighted by Crippen LogP contribution is 2.24. The minimum atomic E-state index is -0.0569. The SMILES string of the molecule is CNC(=O)c1cccc([C@H]2CNCCN2Cc2ccnc(C)n2)c1. The Bertz CT molecular complexity index is 718. The van der Waals surface area contributed by atoms with Gasteiger partial charge in [0.15, 0.2) is 0 Å². The molecule has 24 heavy (non-hydrogen) atoms. The molecule has 0 aliphatic carbocycles. The van der Waals surface area contributed by atoms with Gasteiger partial charge in [-0.15, -0.1) is 0 Å². The summed E-state index contributed by atoms with van der Waals surface area (Å²) >= 11 is 0. The number of nitrogens with one attached hydrogen (secondary N) is 2. The summed E-state index contributed by atoms with van der Waals surface area (Å²) in [6, 6.07) is 10.0. The maximum Gasteiger partial charge on any atom is 0.251 e. The summed E-state index contributed by atoms with van der Waals surface area (Å²) in [5.74, 6) is 0.736. The summed E-state index contributed by atoms with van der Waals surface area (Å²) in [6.45, 7) is 5.44. The van der Waals surface area contributed by atoms with Crippen LogP contribution in [0.2, 0.25) is 0 Å². The van der Waals surface area contributed by atoms with Crippen molar-refractivity contribution in [1.29, 1.82) is 0 Å². The van der Waals surface area contributed by atoms with E-state index in [9.17, 15) is 4.79 Å². The second-order valence-electron chi connectivity index (χ2n) is 5.99. The molecule has 1 aliphatic rings. The third-order valence-electron chi connectivity index (χ3n) is 4.31. The van der Waals surface area contributed by atoms with Crippen molar-refractivity contribution >= 4 is 5.91 Å². The molecule has 2 aromatic rings. The van der Waals surface area contributed by atoms with Gasteiger partial charge in [-0.3, -0.25) is 9.69 Å². The van der Waals surface area contributed by atoms with Crippen molar-refractivity contribution in [1.82, 2.24) is 25.5 Å². The van der Waals surface area contributed by atoms with Crippen LogP contribution in [0.5, 0.6) is 0 Å². The number of carbonyl (C=O) groups excluding carboxylic acids is 1. The second-order valence-corrected chi connectivity index (χ2v) is 5.99. The van der Waals surface area contributed by atoms with E-state index in [2.05, 4.69) is 31.6 Å². The van der Waals surface area contributed by atoms with Gasteiger partial charge in [0.1, 0.15) is 5.82 Å². The van der Waals surface area contributed by atoms with Crippen LogP contribution in [0.4, 0.5) is 0 Å². The van der Waals surface area contributed by atoms with Crippen LogP contribution in [0.15, 0.2) is 36.5 Å². The fraction of sp³-hybridized carbons (Fsp3) is 0.389. The Kier molecular flexibility index (Phi) is 5.17. The van der Waals surface area contributed by atoms with Gasteiger partial charge in [-0.05, 0) is 30.7 Å². The van der Waals surface area contributed by atoms with Crippen molar-refractivity contribution < 1.29 is 4.79 Å². The minimum absolute atomic E-state index is 0.0569. The lowest BCUT2D eigenvalue weighted by atomic mass is 10.00. The Hall–Kier alpha value is -2.31. The molecule has 3 rings (SSSR count). The van der Waals surface area contributed by atoms with Gasteiger partial charge in [-0.2, -0.15) is 0 Å². The lowest BCUT2D eigenvalue weighted by Crippen LogP contribution is -2.45. The van der Waals surface area contributed by atoms with Crippen molar-refractivity contribution in [2.24, 2.45) is 0 Å². The first-order valence-electron chi connectivity index (χ1n) is 8.22. The van der Waals surface area contributed by atoms with E-state index in [0.717, 1.165) is 43.3 Å². The number of piperazine rings is 1. The largest absolute Gasteiger partial charge is 0.355 e. The van der Waals surface area contributed by atoms with E-state index in [-0.39, 0.29) is 11.9 Å². The molecular weight excluding hydrogens is 302 g/mol. The Morgan fingerprint density at radius 3 is 3.08 bits per heavy atom. The molecule has 1 aliphatic heterocycles. The van der Waals surface area contributed by atoms with Crippen LogP contribution >= 0.6 is 0 Å². The normalized spacial score (nSPS) is 18.3. The summed E-state index contributed by atoms with van der Waals surface area (Å²) in [4.78, 5) is 23.0. The molecule has 0 radical (unpaired) electrons. The van der Waals surface area contributed by atoms with Gasteiger partial charge in [-0.25, -0.2) is 9.97 Å². The van der Waals surface area contributed by atoms with Gasteiger partial charge in [0.05, 0.1) is 5.69 Å². The molecule has 0 bridgehead atoms. The Morgan fingerprint density at radius 2 is 2.29 bits per heavy atom. The van der Waals surface area contributed by atoms with E-state index < -0.39 is 0 Å². The van der Waals surface area contributed by atoms with Crippen LogP contribution in [0.1, 0.15) is 33.5 Å². The molecule has 0 spiro atoms. The first-order valence-corrected chi connectivity index (χ1v) is 8.22. The van der Waals surface area contributed by atoms with Crippen LogP contribution in [0.25, 0.3) is 0 Å². The third-order valence-corrected chi connectivity index (χ3v) is 4.31. The van der Waals surface area contributed by atoms with Crippen molar-refractivity contribution in [2.75, 3.05) is 26.7 Å². The highest BCUT2D eigenvalue weighted by molar-refractivity contribution is 5.94. The summed E-state index contributed by atoms with van der Waals surface area (Å²) < 4.78 is 0. The molecule has 2 heterocycles. The molecule has 1 saturated heterocycles. The van der Waals surface area contributed by atoms with Crippen LogP contribution in [-0.2, 0) is 6.54 Å². The van der Waals surface area contributed by atoms with Gasteiger partial charge >= 0.3 is 0 Å². The number of hydrogen-bond donors (Lipinski definition) is 2. The van der Waals surface area contributed by atoms with Gasteiger partial charge in [-0.1, -0.05) is 12.1 Å². The predicted molar refractivity (Wildman–Crippen MR) is 92.6 cm³/mol. The quantitative estimate of drug-likeness (QED) is 0.886. The van der Waals surface area contributed by atoms with Crippen LogP contribution in [0, 0.1) is 6.92 Å². The monoisotopic (exact) mass is 325 g/mol. The van der Waals surface area contributed by atoms with Crippen LogP contribution in [-0.4, -0.2) is 47.5 Å². The van der Waals surface area contributed by atoms with Crippen molar-refractivity contribution in [3.63, 3.8) is 0 Å². The number of carbonyl (C=O) groups is 1. The number of amides is 1. The minimum Gasteiger partial charge on any atom is -0.355 e. The third kappa shape index (κ3) is 3.77. The van der Waals surface area contributed by atoms with Crippen LogP contribution in [0.3, 0.4) is 0 Å². The van der Waals surface area contributed by atoms with E-state index in [1.165, 1.54) is 0 Å². The van der Waals surface area contributed by atoms with Gasteiger partial charge in [0, 0.05) is 51.0 Å². The molecule has 1 atom stereocenters. The topological polar surface area (TPSA) is 70.2 Å². The van der Waals surface area contributed by atoms with Gasteiger partial charge in [0.25, 0.3) is 5.91 Å². The predicted octanol–water partition coefficient (Wildman–Crippen LogP) is 1.29. The van der Waals surface area contributed by atoms with Crippen molar-refractivity contribution in [3.8, 4) is 0 Å². The lowest BCUT2D eigenvalue weighted by Gasteiger charge is -2.36. The molecule has 6 nitrogen and oxygen atoms in total. The molecule has 6 heteroatoms. The Labute approximate surface area is 142 Å². The Balaban J connectivity index is 1.83. The maximum atomic E-state index is 11.9. The fourth-order valence-corrected chi connectivity index (χ4v) is 3.10. The highest BCUT2D eigenvalue weighted by atomic mass is 16.1. The standard InChI is InChI=1S/C18H23N5O/c1-13-21-7-6-16(22-13)12-23-9-8-20-11-17(23)14-4-3-5-15(10-14)18(24)19-2/h3-7,10,17,20H,8-9,11-12H2,1-2H3,(H,19,24)/t17-/m1/s1. The van der Waals surface area contributed by atoms with E-state index >= 15 is 0 Å². The second kappa shape index (κ2) is 7.51.